The van der Waals surface area contributed by atoms with E-state index in [-0.39, 0.29) is 13.2 Å². The van der Waals surface area contributed by atoms with E-state index < -0.39 is 29.1 Å². The van der Waals surface area contributed by atoms with Crippen molar-refractivity contribution in [3.05, 3.63) is 65.2 Å². The van der Waals surface area contributed by atoms with Gasteiger partial charge in [-0.15, -0.1) is 0 Å². The molecule has 0 bridgehead atoms. The number of methoxy groups -OCH3 is 1. The molecule has 1 unspecified atom stereocenters. The highest BCUT2D eigenvalue weighted by Crippen LogP contribution is 2.28. The van der Waals surface area contributed by atoms with Gasteiger partial charge in [0.2, 0.25) is 5.78 Å². The van der Waals surface area contributed by atoms with Crippen LogP contribution in [0.2, 0.25) is 0 Å². The molecule has 0 saturated carbocycles. The van der Waals surface area contributed by atoms with Crippen LogP contribution in [-0.4, -0.2) is 42.3 Å². The number of benzene rings is 2. The number of ketones is 1. The molecule has 34 heavy (non-hydrogen) atoms. The molecular weight excluding hydrogens is 430 g/mol. The van der Waals surface area contributed by atoms with Gasteiger partial charge in [0.1, 0.15) is 11.8 Å². The van der Waals surface area contributed by atoms with E-state index in [0.717, 1.165) is 36.1 Å². The zero-order valence-electron chi connectivity index (χ0n) is 20.6. The Morgan fingerprint density at radius 3 is 2.32 bits per heavy atom. The molecule has 6 heteroatoms. The molecule has 0 aromatic heterocycles. The van der Waals surface area contributed by atoms with Gasteiger partial charge in [-0.2, -0.15) is 0 Å². The van der Waals surface area contributed by atoms with Crippen LogP contribution in [0, 0.1) is 5.41 Å². The fraction of sp³-hybridized carbons (Fsp3) is 0.464. The quantitative estimate of drug-likeness (QED) is 0.293. The van der Waals surface area contributed by atoms with Crippen LogP contribution in [0.1, 0.15) is 56.7 Å². The second kappa shape index (κ2) is 11.3. The topological polar surface area (TPSA) is 72.9 Å². The standard InChI is InChI=1S/C28H35NO5/c1-5-28(2,3)25(30)26(31)29-19-22-12-7-6-11-21(22)18-24(29)27(32)34-17-9-8-10-20-13-15-23(33-4)16-14-20/h6-7,11-16,24H,5,8-10,17-19H2,1-4H3. The molecule has 1 amide bonds. The lowest BCUT2D eigenvalue weighted by atomic mass is 9.83. The molecule has 1 aliphatic rings. The number of aryl methyl sites for hydroxylation is 1. The fourth-order valence-corrected chi connectivity index (χ4v) is 4.02. The van der Waals surface area contributed by atoms with Crippen molar-refractivity contribution in [2.45, 2.75) is 65.5 Å². The van der Waals surface area contributed by atoms with Crippen LogP contribution < -0.4 is 4.74 Å². The first-order valence-electron chi connectivity index (χ1n) is 12.0. The summed E-state index contributed by atoms with van der Waals surface area (Å²) in [6, 6.07) is 14.9. The lowest BCUT2D eigenvalue weighted by Crippen LogP contribution is -2.53. The number of hydrogen-bond acceptors (Lipinski definition) is 5. The van der Waals surface area contributed by atoms with E-state index >= 15 is 0 Å². The van der Waals surface area contributed by atoms with Gasteiger partial charge in [-0.3, -0.25) is 9.59 Å². The predicted octanol–water partition coefficient (Wildman–Crippen LogP) is 4.52. The van der Waals surface area contributed by atoms with Crippen molar-refractivity contribution in [3.8, 4) is 5.75 Å². The lowest BCUT2D eigenvalue weighted by molar-refractivity contribution is -0.160. The van der Waals surface area contributed by atoms with Crippen molar-refractivity contribution in [3.63, 3.8) is 0 Å². The summed E-state index contributed by atoms with van der Waals surface area (Å²) in [5.74, 6) is -0.699. The number of nitrogens with zero attached hydrogens (tertiary/aromatic N) is 1. The van der Waals surface area contributed by atoms with Crippen LogP contribution in [-0.2, 0) is 38.5 Å². The Labute approximate surface area is 202 Å². The van der Waals surface area contributed by atoms with Crippen LogP contribution in [0.3, 0.4) is 0 Å². The summed E-state index contributed by atoms with van der Waals surface area (Å²) in [5, 5.41) is 0. The van der Waals surface area contributed by atoms with Gasteiger partial charge in [0.05, 0.1) is 13.7 Å². The summed E-state index contributed by atoms with van der Waals surface area (Å²) in [6.07, 6.45) is 3.37. The van der Waals surface area contributed by atoms with Crippen LogP contribution in [0.5, 0.6) is 5.75 Å². The maximum absolute atomic E-state index is 13.2. The SMILES string of the molecule is CCC(C)(C)C(=O)C(=O)N1Cc2ccccc2CC1C(=O)OCCCCc1ccc(OC)cc1. The minimum atomic E-state index is -0.791. The van der Waals surface area contributed by atoms with Gasteiger partial charge >= 0.3 is 5.97 Å². The Morgan fingerprint density at radius 2 is 1.68 bits per heavy atom. The monoisotopic (exact) mass is 465 g/mol. The number of fused-ring (bicyclic) bond motifs is 1. The van der Waals surface area contributed by atoms with Crippen LogP contribution in [0.15, 0.2) is 48.5 Å². The summed E-state index contributed by atoms with van der Waals surface area (Å²) in [7, 11) is 1.64. The first-order valence-corrected chi connectivity index (χ1v) is 12.0. The highest BCUT2D eigenvalue weighted by Gasteiger charge is 2.41. The molecule has 0 radical (unpaired) electrons. The molecule has 6 nitrogen and oxygen atoms in total. The Kier molecular flexibility index (Phi) is 8.48. The van der Waals surface area contributed by atoms with Crippen molar-refractivity contribution in [1.82, 2.24) is 4.90 Å². The maximum atomic E-state index is 13.2. The van der Waals surface area contributed by atoms with Crippen LogP contribution in [0.4, 0.5) is 0 Å². The highest BCUT2D eigenvalue weighted by molar-refractivity contribution is 6.38. The zero-order valence-corrected chi connectivity index (χ0v) is 20.6. The van der Waals surface area contributed by atoms with Crippen molar-refractivity contribution in [1.29, 1.82) is 0 Å². The van der Waals surface area contributed by atoms with Crippen molar-refractivity contribution in [2.75, 3.05) is 13.7 Å². The van der Waals surface area contributed by atoms with Gasteiger partial charge in [-0.05, 0) is 54.5 Å². The van der Waals surface area contributed by atoms with Crippen molar-refractivity contribution in [2.24, 2.45) is 5.41 Å². The Bertz CT molecular complexity index is 1010. The van der Waals surface area contributed by atoms with Crippen LogP contribution in [0.25, 0.3) is 0 Å². The molecule has 0 N–H and O–H groups in total. The third kappa shape index (κ3) is 6.04. The third-order valence-corrected chi connectivity index (χ3v) is 6.74. The number of unbranched alkanes of at least 4 members (excludes halogenated alkanes) is 1. The summed E-state index contributed by atoms with van der Waals surface area (Å²) in [5.41, 5.74) is 2.39. The Morgan fingerprint density at radius 1 is 1.00 bits per heavy atom. The molecule has 182 valence electrons. The minimum Gasteiger partial charge on any atom is -0.497 e. The largest absolute Gasteiger partial charge is 0.497 e. The molecule has 0 fully saturated rings. The molecule has 1 aliphatic heterocycles. The molecular formula is C28H35NO5. The summed E-state index contributed by atoms with van der Waals surface area (Å²) < 4.78 is 10.8. The minimum absolute atomic E-state index is 0.234. The van der Waals surface area contributed by atoms with Gasteiger partial charge in [0.25, 0.3) is 5.91 Å². The van der Waals surface area contributed by atoms with Crippen molar-refractivity contribution >= 4 is 17.7 Å². The number of ether oxygens (including phenoxy) is 2. The maximum Gasteiger partial charge on any atom is 0.329 e. The van der Waals surface area contributed by atoms with Crippen molar-refractivity contribution < 1.29 is 23.9 Å². The molecule has 2 aromatic rings. The average Bonchev–Trinajstić information content (AvgIpc) is 2.87. The highest BCUT2D eigenvalue weighted by atomic mass is 16.5. The number of hydrogen-bond donors (Lipinski definition) is 0. The van der Waals surface area contributed by atoms with Gasteiger partial charge in [-0.25, -0.2) is 4.79 Å². The van der Waals surface area contributed by atoms with E-state index in [1.165, 1.54) is 10.5 Å². The third-order valence-electron chi connectivity index (χ3n) is 6.74. The van der Waals surface area contributed by atoms with E-state index in [0.29, 0.717) is 12.8 Å². The van der Waals surface area contributed by atoms with E-state index in [4.69, 9.17) is 9.47 Å². The second-order valence-corrected chi connectivity index (χ2v) is 9.46. The molecule has 1 atom stereocenters. The summed E-state index contributed by atoms with van der Waals surface area (Å²) in [6.45, 7) is 5.93. The van der Waals surface area contributed by atoms with Gasteiger partial charge in [0.15, 0.2) is 0 Å². The Balaban J connectivity index is 1.61. The lowest BCUT2D eigenvalue weighted by Gasteiger charge is -2.36. The number of carbonyl (C=O) groups is 3. The molecule has 0 aliphatic carbocycles. The first kappa shape index (κ1) is 25.5. The normalized spacial score (nSPS) is 15.4. The average molecular weight is 466 g/mol. The van der Waals surface area contributed by atoms with E-state index in [2.05, 4.69) is 0 Å². The van der Waals surface area contributed by atoms with Gasteiger partial charge in [0, 0.05) is 18.4 Å². The zero-order chi connectivity index (χ0) is 24.7. The Hall–Kier alpha value is -3.15. The summed E-state index contributed by atoms with van der Waals surface area (Å²) >= 11 is 0. The first-order chi connectivity index (χ1) is 16.3. The van der Waals surface area contributed by atoms with E-state index in [1.54, 1.807) is 21.0 Å². The number of esters is 1. The fourth-order valence-electron chi connectivity index (χ4n) is 4.02. The second-order valence-electron chi connectivity index (χ2n) is 9.46. The number of carbonyl (C=O) groups excluding carboxylic acids is 3. The van der Waals surface area contributed by atoms with Gasteiger partial charge in [-0.1, -0.05) is 57.2 Å². The smallest absolute Gasteiger partial charge is 0.329 e. The number of rotatable bonds is 10. The van der Waals surface area contributed by atoms with Crippen LogP contribution >= 0.6 is 0 Å². The molecule has 3 rings (SSSR count). The summed E-state index contributed by atoms with van der Waals surface area (Å²) in [4.78, 5) is 40.5. The number of Topliss-reactive ketones (excluding diaryl/α,β-unsaturated/α-hetero) is 1. The molecule has 2 aromatic carbocycles. The predicted molar refractivity (Wildman–Crippen MR) is 130 cm³/mol. The molecule has 0 saturated heterocycles. The van der Waals surface area contributed by atoms with Gasteiger partial charge < -0.3 is 14.4 Å². The van der Waals surface area contributed by atoms with E-state index in [1.807, 2.05) is 55.5 Å². The number of amides is 1. The molecule has 1 heterocycles. The van der Waals surface area contributed by atoms with E-state index in [9.17, 15) is 14.4 Å². The molecule has 0 spiro atoms.